The summed E-state index contributed by atoms with van der Waals surface area (Å²) in [5.41, 5.74) is 1.57. The molecule has 3 rings (SSSR count). The van der Waals surface area contributed by atoms with Crippen molar-refractivity contribution in [2.75, 3.05) is 11.9 Å². The van der Waals surface area contributed by atoms with E-state index in [2.05, 4.69) is 10.6 Å². The number of amides is 3. The summed E-state index contributed by atoms with van der Waals surface area (Å²) in [6.45, 7) is 2.18. The lowest BCUT2D eigenvalue weighted by atomic mass is 10.2. The fourth-order valence-corrected chi connectivity index (χ4v) is 3.01. The van der Waals surface area contributed by atoms with Crippen molar-refractivity contribution >= 4 is 35.2 Å². The van der Waals surface area contributed by atoms with E-state index in [0.717, 1.165) is 5.56 Å². The van der Waals surface area contributed by atoms with Crippen molar-refractivity contribution in [3.05, 3.63) is 101 Å². The summed E-state index contributed by atoms with van der Waals surface area (Å²) in [7, 11) is 0. The number of halogens is 1. The monoisotopic (exact) mass is 452 g/mol. The van der Waals surface area contributed by atoms with E-state index < -0.39 is 24.2 Å². The second kappa shape index (κ2) is 11.1. The lowest BCUT2D eigenvalue weighted by Gasteiger charge is -2.18. The maximum absolute atomic E-state index is 12.5. The molecule has 32 heavy (non-hydrogen) atoms. The molecule has 0 aliphatic rings. The molecule has 0 spiro atoms. The van der Waals surface area contributed by atoms with Crippen LogP contribution in [0.4, 0.5) is 10.5 Å². The van der Waals surface area contributed by atoms with Gasteiger partial charge in [0.1, 0.15) is 0 Å². The number of hydrogen-bond acceptors (Lipinski definition) is 5. The predicted molar refractivity (Wildman–Crippen MR) is 121 cm³/mol. The zero-order chi connectivity index (χ0) is 22.9. The molecule has 164 valence electrons. The number of carbonyl (C=O) groups excluding carboxylic acids is 3. The van der Waals surface area contributed by atoms with Gasteiger partial charge >= 0.3 is 12.0 Å². The van der Waals surface area contributed by atoms with Crippen molar-refractivity contribution in [2.24, 2.45) is 0 Å². The molecule has 3 amide bonds. The molecule has 0 saturated heterocycles. The maximum Gasteiger partial charge on any atom is 0.340 e. The molecule has 0 heterocycles. The first kappa shape index (κ1) is 23.0. The molecule has 8 heteroatoms. The van der Waals surface area contributed by atoms with Gasteiger partial charge in [-0.05, 0) is 43.3 Å². The summed E-state index contributed by atoms with van der Waals surface area (Å²) >= 11 is 5.96. The van der Waals surface area contributed by atoms with E-state index >= 15 is 0 Å². The Bertz CT molecular complexity index is 1090. The highest BCUT2D eigenvalue weighted by atomic mass is 35.5. The SMILES string of the molecule is CCOC(OC(=O)c1ccc(NC(=O)NC(=O)c2ccccc2Cl)cc1)c1ccccc1. The third kappa shape index (κ3) is 6.16. The first-order valence-corrected chi connectivity index (χ1v) is 10.2. The smallest absolute Gasteiger partial charge is 0.340 e. The van der Waals surface area contributed by atoms with Crippen LogP contribution in [0.5, 0.6) is 0 Å². The van der Waals surface area contributed by atoms with Crippen molar-refractivity contribution in [3.63, 3.8) is 0 Å². The van der Waals surface area contributed by atoms with Crippen molar-refractivity contribution in [1.82, 2.24) is 5.32 Å². The normalized spacial score (nSPS) is 11.3. The zero-order valence-electron chi connectivity index (χ0n) is 17.2. The molecular formula is C24H21ClN2O5. The molecule has 3 aromatic carbocycles. The minimum Gasteiger partial charge on any atom is -0.428 e. The first-order chi connectivity index (χ1) is 15.5. The molecule has 0 saturated carbocycles. The molecule has 0 bridgehead atoms. The van der Waals surface area contributed by atoms with Gasteiger partial charge < -0.3 is 14.8 Å². The Morgan fingerprint density at radius 3 is 2.22 bits per heavy atom. The number of rotatable bonds is 7. The quantitative estimate of drug-likeness (QED) is 0.380. The molecule has 1 atom stereocenters. The van der Waals surface area contributed by atoms with Crippen LogP contribution in [-0.4, -0.2) is 24.5 Å². The Morgan fingerprint density at radius 1 is 0.906 bits per heavy atom. The van der Waals surface area contributed by atoms with E-state index in [1.165, 1.54) is 30.3 Å². The topological polar surface area (TPSA) is 93.7 Å². The van der Waals surface area contributed by atoms with Crippen LogP contribution in [0.2, 0.25) is 5.02 Å². The van der Waals surface area contributed by atoms with Crippen LogP contribution in [-0.2, 0) is 9.47 Å². The van der Waals surface area contributed by atoms with Gasteiger partial charge in [-0.25, -0.2) is 9.59 Å². The van der Waals surface area contributed by atoms with Crippen LogP contribution in [0.25, 0.3) is 0 Å². The van der Waals surface area contributed by atoms with Crippen LogP contribution in [0.3, 0.4) is 0 Å². The molecule has 2 N–H and O–H groups in total. The second-order valence-electron chi connectivity index (χ2n) is 6.57. The minimum atomic E-state index is -0.826. The lowest BCUT2D eigenvalue weighted by Crippen LogP contribution is -2.34. The molecule has 0 radical (unpaired) electrons. The Hall–Kier alpha value is -3.68. The summed E-state index contributed by atoms with van der Waals surface area (Å²) in [6.07, 6.45) is -0.826. The number of urea groups is 1. The van der Waals surface area contributed by atoms with E-state index in [9.17, 15) is 14.4 Å². The molecule has 7 nitrogen and oxygen atoms in total. The van der Waals surface area contributed by atoms with Gasteiger partial charge in [-0.2, -0.15) is 0 Å². The van der Waals surface area contributed by atoms with Crippen molar-refractivity contribution < 1.29 is 23.9 Å². The van der Waals surface area contributed by atoms with Gasteiger partial charge in [-0.3, -0.25) is 10.1 Å². The van der Waals surface area contributed by atoms with E-state index in [1.807, 2.05) is 37.3 Å². The fraction of sp³-hybridized carbons (Fsp3) is 0.125. The minimum absolute atomic E-state index is 0.185. The molecule has 0 aliphatic heterocycles. The van der Waals surface area contributed by atoms with E-state index in [-0.39, 0.29) is 16.1 Å². The van der Waals surface area contributed by atoms with Crippen molar-refractivity contribution in [1.29, 1.82) is 0 Å². The van der Waals surface area contributed by atoms with Gasteiger partial charge in [-0.15, -0.1) is 0 Å². The van der Waals surface area contributed by atoms with Crippen molar-refractivity contribution in [3.8, 4) is 0 Å². The number of anilines is 1. The Labute approximate surface area is 190 Å². The Morgan fingerprint density at radius 2 is 1.56 bits per heavy atom. The second-order valence-corrected chi connectivity index (χ2v) is 6.98. The van der Waals surface area contributed by atoms with Gasteiger partial charge in [0.2, 0.25) is 6.29 Å². The number of nitrogens with one attached hydrogen (secondary N) is 2. The van der Waals surface area contributed by atoms with Crippen LogP contribution < -0.4 is 10.6 Å². The molecule has 0 aliphatic carbocycles. The number of benzene rings is 3. The summed E-state index contributed by atoms with van der Waals surface area (Å²) in [4.78, 5) is 36.8. The molecule has 1 unspecified atom stereocenters. The average Bonchev–Trinajstić information content (AvgIpc) is 2.80. The van der Waals surface area contributed by atoms with E-state index in [0.29, 0.717) is 12.3 Å². The molecule has 3 aromatic rings. The van der Waals surface area contributed by atoms with Crippen LogP contribution >= 0.6 is 11.6 Å². The first-order valence-electron chi connectivity index (χ1n) is 9.82. The Kier molecular flexibility index (Phi) is 7.96. The maximum atomic E-state index is 12.5. The number of ether oxygens (including phenoxy) is 2. The standard InChI is InChI=1S/C24H21ClN2O5/c1-2-31-23(17-8-4-3-5-9-17)32-22(29)16-12-14-18(15-13-16)26-24(30)27-21(28)19-10-6-7-11-20(19)25/h3-15,23H,2H2,1H3,(H2,26,27,28,30). The fourth-order valence-electron chi connectivity index (χ4n) is 2.79. The summed E-state index contributed by atoms with van der Waals surface area (Å²) in [6, 6.07) is 20.8. The Balaban J connectivity index is 1.59. The number of carbonyl (C=O) groups is 3. The average molecular weight is 453 g/mol. The molecular weight excluding hydrogens is 432 g/mol. The summed E-state index contributed by atoms with van der Waals surface area (Å²) in [5.74, 6) is -1.20. The molecule has 0 aromatic heterocycles. The number of imide groups is 1. The zero-order valence-corrected chi connectivity index (χ0v) is 18.0. The summed E-state index contributed by atoms with van der Waals surface area (Å²) < 4.78 is 11.0. The highest BCUT2D eigenvalue weighted by Gasteiger charge is 2.18. The lowest BCUT2D eigenvalue weighted by molar-refractivity contribution is -0.110. The van der Waals surface area contributed by atoms with Gasteiger partial charge in [0.05, 0.1) is 16.1 Å². The highest BCUT2D eigenvalue weighted by Crippen LogP contribution is 2.21. The summed E-state index contributed by atoms with van der Waals surface area (Å²) in [5, 5.41) is 4.96. The van der Waals surface area contributed by atoms with Gasteiger partial charge in [0.25, 0.3) is 5.91 Å². The van der Waals surface area contributed by atoms with Gasteiger partial charge in [-0.1, -0.05) is 54.1 Å². The van der Waals surface area contributed by atoms with E-state index in [1.54, 1.807) is 18.2 Å². The van der Waals surface area contributed by atoms with Crippen LogP contribution in [0.1, 0.15) is 39.5 Å². The van der Waals surface area contributed by atoms with Crippen LogP contribution in [0, 0.1) is 0 Å². The van der Waals surface area contributed by atoms with Crippen molar-refractivity contribution in [2.45, 2.75) is 13.2 Å². The van der Waals surface area contributed by atoms with E-state index in [4.69, 9.17) is 21.1 Å². The number of esters is 1. The molecule has 0 fully saturated rings. The largest absolute Gasteiger partial charge is 0.428 e. The predicted octanol–water partition coefficient (Wildman–Crippen LogP) is 5.19. The van der Waals surface area contributed by atoms with Gasteiger partial charge in [0.15, 0.2) is 0 Å². The third-order valence-electron chi connectivity index (χ3n) is 4.33. The van der Waals surface area contributed by atoms with Gasteiger partial charge in [0, 0.05) is 17.9 Å². The van der Waals surface area contributed by atoms with Crippen LogP contribution in [0.15, 0.2) is 78.9 Å². The third-order valence-corrected chi connectivity index (χ3v) is 4.66. The highest BCUT2D eigenvalue weighted by molar-refractivity contribution is 6.34. The number of hydrogen-bond donors (Lipinski definition) is 2.